The van der Waals surface area contributed by atoms with E-state index >= 15 is 0 Å². The first kappa shape index (κ1) is 17.5. The third-order valence-corrected chi connectivity index (χ3v) is 4.23. The van der Waals surface area contributed by atoms with Crippen molar-refractivity contribution < 1.29 is 14.3 Å². The summed E-state index contributed by atoms with van der Waals surface area (Å²) < 4.78 is 6.75. The Morgan fingerprint density at radius 3 is 2.38 bits per heavy atom. The molecule has 3 rings (SSSR count). The fourth-order valence-electron chi connectivity index (χ4n) is 3.01. The zero-order chi connectivity index (χ0) is 18.7. The second kappa shape index (κ2) is 7.27. The van der Waals surface area contributed by atoms with Crippen LogP contribution in [-0.4, -0.2) is 23.6 Å². The maximum Gasteiger partial charge on any atom is 0.337 e. The van der Waals surface area contributed by atoms with E-state index in [-0.39, 0.29) is 5.91 Å². The minimum atomic E-state index is -0.441. The number of ether oxygens (including phenoxy) is 1. The molecule has 2 aromatic carbocycles. The Kier molecular flexibility index (Phi) is 4.89. The van der Waals surface area contributed by atoms with Gasteiger partial charge in [-0.25, -0.2) is 4.79 Å². The minimum Gasteiger partial charge on any atom is -0.465 e. The van der Waals surface area contributed by atoms with Gasteiger partial charge in [0.15, 0.2) is 0 Å². The summed E-state index contributed by atoms with van der Waals surface area (Å²) in [5, 5.41) is 2.85. The highest BCUT2D eigenvalue weighted by Gasteiger charge is 2.17. The first-order chi connectivity index (χ1) is 12.5. The molecule has 0 aliphatic rings. The van der Waals surface area contributed by atoms with Crippen LogP contribution in [-0.2, 0) is 4.74 Å². The van der Waals surface area contributed by atoms with Crippen molar-refractivity contribution in [3.63, 3.8) is 0 Å². The molecule has 0 spiro atoms. The number of methoxy groups -OCH3 is 1. The number of aryl methyl sites for hydroxylation is 1. The molecular formula is C21H20N2O3. The monoisotopic (exact) mass is 348 g/mol. The van der Waals surface area contributed by atoms with E-state index in [1.165, 1.54) is 7.11 Å². The van der Waals surface area contributed by atoms with Crippen LogP contribution in [0.3, 0.4) is 0 Å². The predicted octanol–water partition coefficient (Wildman–Crippen LogP) is 4.13. The van der Waals surface area contributed by atoms with Crippen LogP contribution in [0.2, 0.25) is 0 Å². The number of hydrogen-bond acceptors (Lipinski definition) is 3. The molecule has 0 aliphatic heterocycles. The normalized spacial score (nSPS) is 10.4. The molecule has 5 heteroatoms. The van der Waals surface area contributed by atoms with Crippen LogP contribution in [0.25, 0.3) is 5.69 Å². The van der Waals surface area contributed by atoms with Gasteiger partial charge in [-0.05, 0) is 50.2 Å². The first-order valence-electron chi connectivity index (χ1n) is 8.25. The lowest BCUT2D eigenvalue weighted by atomic mass is 10.2. The smallest absolute Gasteiger partial charge is 0.337 e. The second-order valence-corrected chi connectivity index (χ2v) is 5.98. The van der Waals surface area contributed by atoms with Crippen LogP contribution >= 0.6 is 0 Å². The SMILES string of the molecule is COC(=O)c1cccc(NC(=O)c2cc(C)n(-c3ccccc3)c2C)c1. The number of hydrogen-bond donors (Lipinski definition) is 1. The second-order valence-electron chi connectivity index (χ2n) is 5.98. The molecule has 1 amide bonds. The van der Waals surface area contributed by atoms with Gasteiger partial charge in [-0.15, -0.1) is 0 Å². The van der Waals surface area contributed by atoms with Crippen molar-refractivity contribution in [2.24, 2.45) is 0 Å². The number of amides is 1. The number of anilines is 1. The maximum absolute atomic E-state index is 12.7. The van der Waals surface area contributed by atoms with E-state index in [1.807, 2.05) is 54.8 Å². The summed E-state index contributed by atoms with van der Waals surface area (Å²) in [5.74, 6) is -0.661. The van der Waals surface area contributed by atoms with Crippen molar-refractivity contribution in [1.82, 2.24) is 4.57 Å². The third kappa shape index (κ3) is 3.37. The molecule has 0 saturated carbocycles. The van der Waals surface area contributed by atoms with E-state index in [1.54, 1.807) is 24.3 Å². The standard InChI is InChI=1S/C21H20N2O3/c1-14-12-19(15(2)23(14)18-10-5-4-6-11-18)20(24)22-17-9-7-8-16(13-17)21(25)26-3/h4-13H,1-3H3,(H,22,24). The average molecular weight is 348 g/mol. The van der Waals surface area contributed by atoms with Crippen LogP contribution < -0.4 is 5.32 Å². The first-order valence-corrected chi connectivity index (χ1v) is 8.25. The van der Waals surface area contributed by atoms with Crippen LogP contribution in [0, 0.1) is 13.8 Å². The zero-order valence-electron chi connectivity index (χ0n) is 14.9. The van der Waals surface area contributed by atoms with E-state index in [4.69, 9.17) is 4.74 Å². The molecule has 0 bridgehead atoms. The van der Waals surface area contributed by atoms with Gasteiger partial charge in [0.1, 0.15) is 0 Å². The lowest BCUT2D eigenvalue weighted by molar-refractivity contribution is 0.0600. The summed E-state index contributed by atoms with van der Waals surface area (Å²) in [4.78, 5) is 24.4. The fraction of sp³-hybridized carbons (Fsp3) is 0.143. The summed E-state index contributed by atoms with van der Waals surface area (Å²) in [6, 6.07) is 18.4. The predicted molar refractivity (Wildman–Crippen MR) is 101 cm³/mol. The molecule has 0 fully saturated rings. The minimum absolute atomic E-state index is 0.220. The number of carbonyl (C=O) groups is 2. The molecule has 1 N–H and O–H groups in total. The lowest BCUT2D eigenvalue weighted by Gasteiger charge is -2.10. The molecule has 0 saturated heterocycles. The molecule has 1 heterocycles. The van der Waals surface area contributed by atoms with Gasteiger partial charge in [0.05, 0.1) is 18.2 Å². The molecule has 0 aliphatic carbocycles. The van der Waals surface area contributed by atoms with Gasteiger partial charge in [0.2, 0.25) is 0 Å². The molecule has 5 nitrogen and oxygen atoms in total. The van der Waals surface area contributed by atoms with Crippen molar-refractivity contribution in [3.8, 4) is 5.69 Å². The Morgan fingerprint density at radius 1 is 0.962 bits per heavy atom. The van der Waals surface area contributed by atoms with E-state index in [0.717, 1.165) is 17.1 Å². The third-order valence-electron chi connectivity index (χ3n) is 4.23. The molecule has 0 atom stereocenters. The summed E-state index contributed by atoms with van der Waals surface area (Å²) in [6.07, 6.45) is 0. The molecule has 0 radical (unpaired) electrons. The highest BCUT2D eigenvalue weighted by atomic mass is 16.5. The van der Waals surface area contributed by atoms with Gasteiger partial charge in [-0.1, -0.05) is 24.3 Å². The van der Waals surface area contributed by atoms with E-state index < -0.39 is 5.97 Å². The highest BCUT2D eigenvalue weighted by molar-refractivity contribution is 6.06. The van der Waals surface area contributed by atoms with Gasteiger partial charge >= 0.3 is 5.97 Å². The van der Waals surface area contributed by atoms with Crippen molar-refractivity contribution in [2.45, 2.75) is 13.8 Å². The summed E-state index contributed by atoms with van der Waals surface area (Å²) in [7, 11) is 1.33. The number of aromatic nitrogens is 1. The van der Waals surface area contributed by atoms with Crippen molar-refractivity contribution in [1.29, 1.82) is 0 Å². The quantitative estimate of drug-likeness (QED) is 0.721. The van der Waals surface area contributed by atoms with Crippen LogP contribution in [0.1, 0.15) is 32.1 Å². The Labute approximate surface area is 152 Å². The van der Waals surface area contributed by atoms with Gasteiger partial charge < -0.3 is 14.6 Å². The summed E-state index contributed by atoms with van der Waals surface area (Å²) in [5.41, 5.74) is 4.36. The summed E-state index contributed by atoms with van der Waals surface area (Å²) in [6.45, 7) is 3.88. The van der Waals surface area contributed by atoms with Crippen LogP contribution in [0.15, 0.2) is 60.7 Å². The fourth-order valence-corrected chi connectivity index (χ4v) is 3.01. The number of nitrogens with one attached hydrogen (secondary N) is 1. The molecule has 1 aromatic heterocycles. The Morgan fingerprint density at radius 2 is 1.69 bits per heavy atom. The number of rotatable bonds is 4. The molecule has 132 valence electrons. The Balaban J connectivity index is 1.89. The molecular weight excluding hydrogens is 328 g/mol. The maximum atomic E-state index is 12.7. The van der Waals surface area contributed by atoms with Gasteiger partial charge in [0, 0.05) is 22.8 Å². The topological polar surface area (TPSA) is 60.3 Å². The van der Waals surface area contributed by atoms with Gasteiger partial charge in [-0.2, -0.15) is 0 Å². The van der Waals surface area contributed by atoms with E-state index in [2.05, 4.69) is 5.32 Å². The molecule has 26 heavy (non-hydrogen) atoms. The van der Waals surface area contributed by atoms with E-state index in [9.17, 15) is 9.59 Å². The lowest BCUT2D eigenvalue weighted by Crippen LogP contribution is -2.13. The van der Waals surface area contributed by atoms with Crippen molar-refractivity contribution >= 4 is 17.6 Å². The zero-order valence-corrected chi connectivity index (χ0v) is 14.9. The average Bonchev–Trinajstić information content (AvgIpc) is 2.96. The number of nitrogens with zero attached hydrogens (tertiary/aromatic N) is 1. The Bertz CT molecular complexity index is 959. The van der Waals surface area contributed by atoms with Crippen LogP contribution in [0.5, 0.6) is 0 Å². The number of para-hydroxylation sites is 1. The number of carbonyl (C=O) groups excluding carboxylic acids is 2. The number of esters is 1. The summed E-state index contributed by atoms with van der Waals surface area (Å²) >= 11 is 0. The van der Waals surface area contributed by atoms with Crippen molar-refractivity contribution in [3.05, 3.63) is 83.2 Å². The van der Waals surface area contributed by atoms with E-state index in [0.29, 0.717) is 16.8 Å². The van der Waals surface area contributed by atoms with Gasteiger partial charge in [-0.3, -0.25) is 4.79 Å². The van der Waals surface area contributed by atoms with Crippen LogP contribution in [0.4, 0.5) is 5.69 Å². The number of benzene rings is 2. The van der Waals surface area contributed by atoms with Gasteiger partial charge in [0.25, 0.3) is 5.91 Å². The molecule has 0 unspecified atom stereocenters. The Hall–Kier alpha value is -3.34. The largest absolute Gasteiger partial charge is 0.465 e. The molecule has 3 aromatic rings. The highest BCUT2D eigenvalue weighted by Crippen LogP contribution is 2.22. The van der Waals surface area contributed by atoms with Crippen molar-refractivity contribution in [2.75, 3.05) is 12.4 Å².